The van der Waals surface area contributed by atoms with Gasteiger partial charge in [-0.2, -0.15) is 0 Å². The Labute approximate surface area is 152 Å². The van der Waals surface area contributed by atoms with Crippen LogP contribution in [0.4, 0.5) is 11.4 Å². The second kappa shape index (κ2) is 8.48. The molecule has 0 aliphatic heterocycles. The molecule has 0 bridgehead atoms. The van der Waals surface area contributed by atoms with Gasteiger partial charge in [-0.25, -0.2) is 0 Å². The summed E-state index contributed by atoms with van der Waals surface area (Å²) in [5, 5.41) is 5.96. The van der Waals surface area contributed by atoms with Crippen LogP contribution in [0.1, 0.15) is 10.5 Å². The molecular weight excluding hydrogens is 326 g/mol. The summed E-state index contributed by atoms with van der Waals surface area (Å²) in [4.78, 5) is 16.5. The van der Waals surface area contributed by atoms with Gasteiger partial charge in [0.25, 0.3) is 5.91 Å². The molecule has 130 valence electrons. The van der Waals surface area contributed by atoms with Crippen molar-refractivity contribution >= 4 is 17.3 Å². The van der Waals surface area contributed by atoms with Gasteiger partial charge in [0.15, 0.2) is 0 Å². The number of pyridine rings is 1. The summed E-state index contributed by atoms with van der Waals surface area (Å²) in [6, 6.07) is 20.2. The standard InChI is InChI=1S/C21H19N3O2/c1-2-13-22-17-12-14-23-20(15-17)21(25)24-16-8-10-19(11-9-16)26-18-6-4-3-5-7-18/h2-12,14-15H,1,13H2,(H,22,23)(H,24,25). The number of hydrogen-bond donors (Lipinski definition) is 2. The lowest BCUT2D eigenvalue weighted by molar-refractivity contribution is 0.102. The van der Waals surface area contributed by atoms with Crippen molar-refractivity contribution in [1.29, 1.82) is 0 Å². The van der Waals surface area contributed by atoms with E-state index in [0.717, 1.165) is 11.4 Å². The highest BCUT2D eigenvalue weighted by Gasteiger charge is 2.08. The molecule has 0 fully saturated rings. The zero-order chi connectivity index (χ0) is 18.2. The topological polar surface area (TPSA) is 63.2 Å². The Bertz CT molecular complexity index is 877. The average molecular weight is 345 g/mol. The van der Waals surface area contributed by atoms with E-state index in [0.29, 0.717) is 23.7 Å². The third-order valence-electron chi connectivity index (χ3n) is 3.53. The predicted molar refractivity (Wildman–Crippen MR) is 104 cm³/mol. The van der Waals surface area contributed by atoms with E-state index in [1.54, 1.807) is 48.7 Å². The van der Waals surface area contributed by atoms with Crippen molar-refractivity contribution in [3.63, 3.8) is 0 Å². The molecule has 3 aromatic rings. The van der Waals surface area contributed by atoms with Crippen LogP contribution in [0.2, 0.25) is 0 Å². The fourth-order valence-electron chi connectivity index (χ4n) is 2.28. The van der Waals surface area contributed by atoms with Crippen LogP contribution >= 0.6 is 0 Å². The molecule has 2 aromatic carbocycles. The number of para-hydroxylation sites is 1. The minimum atomic E-state index is -0.274. The third kappa shape index (κ3) is 4.70. The van der Waals surface area contributed by atoms with Gasteiger partial charge in [-0.15, -0.1) is 6.58 Å². The first kappa shape index (κ1) is 17.2. The predicted octanol–water partition coefficient (Wildman–Crippen LogP) is 4.72. The maximum Gasteiger partial charge on any atom is 0.274 e. The van der Waals surface area contributed by atoms with E-state index in [1.807, 2.05) is 30.3 Å². The number of carbonyl (C=O) groups excluding carboxylic acids is 1. The molecule has 0 saturated heterocycles. The van der Waals surface area contributed by atoms with E-state index < -0.39 is 0 Å². The van der Waals surface area contributed by atoms with Crippen LogP contribution < -0.4 is 15.4 Å². The molecule has 0 aliphatic carbocycles. The second-order valence-corrected chi connectivity index (χ2v) is 5.49. The molecule has 0 aliphatic rings. The Balaban J connectivity index is 1.63. The van der Waals surface area contributed by atoms with Crippen LogP contribution in [0.25, 0.3) is 0 Å². The number of carbonyl (C=O) groups is 1. The lowest BCUT2D eigenvalue weighted by Gasteiger charge is -2.09. The highest BCUT2D eigenvalue weighted by Crippen LogP contribution is 2.22. The first-order valence-electron chi connectivity index (χ1n) is 8.20. The van der Waals surface area contributed by atoms with E-state index in [2.05, 4.69) is 22.2 Å². The molecule has 5 nitrogen and oxygen atoms in total. The molecular formula is C21H19N3O2. The van der Waals surface area contributed by atoms with Crippen molar-refractivity contribution < 1.29 is 9.53 Å². The smallest absolute Gasteiger partial charge is 0.274 e. The summed E-state index contributed by atoms with van der Waals surface area (Å²) in [5.74, 6) is 1.18. The van der Waals surface area contributed by atoms with Crippen LogP contribution in [-0.4, -0.2) is 17.4 Å². The van der Waals surface area contributed by atoms with Gasteiger partial charge in [0.2, 0.25) is 0 Å². The van der Waals surface area contributed by atoms with E-state index in [-0.39, 0.29) is 5.91 Å². The minimum absolute atomic E-state index is 0.274. The van der Waals surface area contributed by atoms with Gasteiger partial charge < -0.3 is 15.4 Å². The minimum Gasteiger partial charge on any atom is -0.457 e. The highest BCUT2D eigenvalue weighted by atomic mass is 16.5. The first-order valence-corrected chi connectivity index (χ1v) is 8.20. The number of amides is 1. The molecule has 3 rings (SSSR count). The van der Waals surface area contributed by atoms with Crippen molar-refractivity contribution in [2.75, 3.05) is 17.2 Å². The number of hydrogen-bond acceptors (Lipinski definition) is 4. The molecule has 0 saturated carbocycles. The first-order chi connectivity index (χ1) is 12.7. The zero-order valence-corrected chi connectivity index (χ0v) is 14.2. The Morgan fingerprint density at radius 2 is 1.73 bits per heavy atom. The van der Waals surface area contributed by atoms with Crippen molar-refractivity contribution in [1.82, 2.24) is 4.98 Å². The van der Waals surface area contributed by atoms with Crippen LogP contribution in [0.3, 0.4) is 0 Å². The van der Waals surface area contributed by atoms with E-state index >= 15 is 0 Å². The molecule has 5 heteroatoms. The van der Waals surface area contributed by atoms with Crippen molar-refractivity contribution in [2.45, 2.75) is 0 Å². The van der Waals surface area contributed by atoms with Gasteiger partial charge in [0.1, 0.15) is 17.2 Å². The molecule has 0 unspecified atom stereocenters. The lowest BCUT2D eigenvalue weighted by atomic mass is 10.2. The lowest BCUT2D eigenvalue weighted by Crippen LogP contribution is -2.14. The molecule has 1 amide bonds. The van der Waals surface area contributed by atoms with Gasteiger partial charge >= 0.3 is 0 Å². The van der Waals surface area contributed by atoms with Gasteiger partial charge in [0, 0.05) is 24.1 Å². The Morgan fingerprint density at radius 1 is 1.00 bits per heavy atom. The number of aromatic nitrogens is 1. The number of rotatable bonds is 7. The fourth-order valence-corrected chi connectivity index (χ4v) is 2.28. The SMILES string of the molecule is C=CCNc1ccnc(C(=O)Nc2ccc(Oc3ccccc3)cc2)c1. The highest BCUT2D eigenvalue weighted by molar-refractivity contribution is 6.03. The molecule has 0 spiro atoms. The molecule has 0 atom stereocenters. The van der Waals surface area contributed by atoms with E-state index in [1.165, 1.54) is 0 Å². The molecule has 26 heavy (non-hydrogen) atoms. The van der Waals surface area contributed by atoms with Crippen LogP contribution in [0.15, 0.2) is 85.6 Å². The third-order valence-corrected chi connectivity index (χ3v) is 3.53. The van der Waals surface area contributed by atoms with Crippen molar-refractivity contribution in [3.8, 4) is 11.5 Å². The van der Waals surface area contributed by atoms with Crippen molar-refractivity contribution in [2.24, 2.45) is 0 Å². The molecule has 1 heterocycles. The summed E-state index contributed by atoms with van der Waals surface area (Å²) >= 11 is 0. The normalized spacial score (nSPS) is 10.0. The maximum atomic E-state index is 12.4. The number of nitrogens with one attached hydrogen (secondary N) is 2. The summed E-state index contributed by atoms with van der Waals surface area (Å²) in [7, 11) is 0. The monoisotopic (exact) mass is 345 g/mol. The van der Waals surface area contributed by atoms with Gasteiger partial charge in [-0.05, 0) is 48.5 Å². The quantitative estimate of drug-likeness (QED) is 0.608. The number of anilines is 2. The van der Waals surface area contributed by atoms with E-state index in [9.17, 15) is 4.79 Å². The number of ether oxygens (including phenoxy) is 1. The molecule has 0 radical (unpaired) electrons. The summed E-state index contributed by atoms with van der Waals surface area (Å²) < 4.78 is 5.73. The largest absolute Gasteiger partial charge is 0.457 e. The average Bonchev–Trinajstić information content (AvgIpc) is 2.69. The Morgan fingerprint density at radius 3 is 2.46 bits per heavy atom. The summed E-state index contributed by atoms with van der Waals surface area (Å²) in [6.07, 6.45) is 3.34. The summed E-state index contributed by atoms with van der Waals surface area (Å²) in [6.45, 7) is 4.27. The Kier molecular flexibility index (Phi) is 5.62. The Hall–Kier alpha value is -3.60. The van der Waals surface area contributed by atoms with Crippen molar-refractivity contribution in [3.05, 3.63) is 91.3 Å². The number of nitrogens with zero attached hydrogens (tertiary/aromatic N) is 1. The van der Waals surface area contributed by atoms with E-state index in [4.69, 9.17) is 4.74 Å². The molecule has 2 N–H and O–H groups in total. The van der Waals surface area contributed by atoms with Crippen LogP contribution in [0.5, 0.6) is 11.5 Å². The van der Waals surface area contributed by atoms with Crippen LogP contribution in [-0.2, 0) is 0 Å². The van der Waals surface area contributed by atoms with Gasteiger partial charge in [0.05, 0.1) is 0 Å². The zero-order valence-electron chi connectivity index (χ0n) is 14.2. The fraction of sp³-hybridized carbons (Fsp3) is 0.0476. The van der Waals surface area contributed by atoms with Gasteiger partial charge in [-0.3, -0.25) is 9.78 Å². The maximum absolute atomic E-state index is 12.4. The summed E-state index contributed by atoms with van der Waals surface area (Å²) in [5.41, 5.74) is 1.82. The number of benzene rings is 2. The van der Waals surface area contributed by atoms with Crippen LogP contribution in [0, 0.1) is 0 Å². The molecule has 1 aromatic heterocycles. The second-order valence-electron chi connectivity index (χ2n) is 5.49. The van der Waals surface area contributed by atoms with Gasteiger partial charge in [-0.1, -0.05) is 24.3 Å².